The summed E-state index contributed by atoms with van der Waals surface area (Å²) < 4.78 is 15.1. The van der Waals surface area contributed by atoms with Gasteiger partial charge in [-0.05, 0) is 41.8 Å². The third kappa shape index (κ3) is 4.94. The quantitative estimate of drug-likeness (QED) is 0.725. The van der Waals surface area contributed by atoms with Gasteiger partial charge in [0, 0.05) is 32.0 Å². The van der Waals surface area contributed by atoms with Crippen molar-refractivity contribution in [1.82, 2.24) is 9.78 Å². The van der Waals surface area contributed by atoms with E-state index in [1.807, 2.05) is 43.3 Å². The molecule has 0 saturated heterocycles. The average molecular weight is 366 g/mol. The van der Waals surface area contributed by atoms with Gasteiger partial charge in [-0.1, -0.05) is 24.3 Å². The molecule has 0 aliphatic carbocycles. The highest BCUT2D eigenvalue weighted by Crippen LogP contribution is 2.14. The second-order valence-electron chi connectivity index (χ2n) is 6.77. The fourth-order valence-corrected chi connectivity index (χ4v) is 2.79. The first-order valence-electron chi connectivity index (χ1n) is 8.75. The fraction of sp³-hybridized carbons (Fsp3) is 0.238. The van der Waals surface area contributed by atoms with E-state index in [0.717, 1.165) is 16.8 Å². The zero-order chi connectivity index (χ0) is 19.4. The number of nitrogens with one attached hydrogen (secondary N) is 1. The number of rotatable bonds is 6. The van der Waals surface area contributed by atoms with E-state index in [9.17, 15) is 9.18 Å². The van der Waals surface area contributed by atoms with E-state index >= 15 is 0 Å². The number of anilines is 2. The van der Waals surface area contributed by atoms with Crippen LogP contribution < -0.4 is 10.2 Å². The Morgan fingerprint density at radius 1 is 1.11 bits per heavy atom. The molecule has 3 rings (SSSR count). The molecule has 0 radical (unpaired) electrons. The molecule has 6 heteroatoms. The molecule has 0 aliphatic heterocycles. The van der Waals surface area contributed by atoms with Gasteiger partial charge in [0.1, 0.15) is 5.82 Å². The Morgan fingerprint density at radius 3 is 2.48 bits per heavy atom. The van der Waals surface area contributed by atoms with Crippen LogP contribution in [0.25, 0.3) is 0 Å². The lowest BCUT2D eigenvalue weighted by atomic mass is 10.1. The summed E-state index contributed by atoms with van der Waals surface area (Å²) in [6, 6.07) is 14.6. The van der Waals surface area contributed by atoms with Gasteiger partial charge in [0.25, 0.3) is 0 Å². The first-order valence-corrected chi connectivity index (χ1v) is 8.75. The Labute approximate surface area is 158 Å². The van der Waals surface area contributed by atoms with E-state index in [-0.39, 0.29) is 18.1 Å². The number of halogens is 1. The summed E-state index contributed by atoms with van der Waals surface area (Å²) in [5, 5.41) is 7.17. The van der Waals surface area contributed by atoms with Gasteiger partial charge >= 0.3 is 0 Å². The molecule has 3 aromatic rings. The van der Waals surface area contributed by atoms with Crippen molar-refractivity contribution >= 4 is 17.4 Å². The molecule has 0 atom stereocenters. The van der Waals surface area contributed by atoms with Crippen molar-refractivity contribution in [2.24, 2.45) is 0 Å². The van der Waals surface area contributed by atoms with E-state index in [1.165, 1.54) is 6.07 Å². The molecule has 140 valence electrons. The Morgan fingerprint density at radius 2 is 1.81 bits per heavy atom. The molecule has 1 aromatic heterocycles. The van der Waals surface area contributed by atoms with E-state index in [2.05, 4.69) is 10.4 Å². The minimum atomic E-state index is -0.217. The third-order valence-electron chi connectivity index (χ3n) is 4.29. The number of hydrogen-bond donors (Lipinski definition) is 1. The third-order valence-corrected chi connectivity index (χ3v) is 4.29. The van der Waals surface area contributed by atoms with Crippen LogP contribution in [-0.2, 0) is 17.8 Å². The Bertz CT molecular complexity index is 932. The van der Waals surface area contributed by atoms with Gasteiger partial charge in [0.15, 0.2) is 5.82 Å². The minimum Gasteiger partial charge on any atom is -0.378 e. The predicted molar refractivity (Wildman–Crippen MR) is 106 cm³/mol. The summed E-state index contributed by atoms with van der Waals surface area (Å²) in [6.45, 7) is 2.25. The predicted octanol–water partition coefficient (Wildman–Crippen LogP) is 3.63. The Balaban J connectivity index is 1.58. The maximum absolute atomic E-state index is 13.4. The molecule has 0 aliphatic rings. The Hall–Kier alpha value is -3.15. The van der Waals surface area contributed by atoms with Gasteiger partial charge in [-0.25, -0.2) is 4.39 Å². The topological polar surface area (TPSA) is 50.2 Å². The lowest BCUT2D eigenvalue weighted by Crippen LogP contribution is -2.15. The first-order chi connectivity index (χ1) is 12.9. The summed E-state index contributed by atoms with van der Waals surface area (Å²) in [5.74, 6) is 0.171. The van der Waals surface area contributed by atoms with Crippen LogP contribution in [0.3, 0.4) is 0 Å². The molecule has 27 heavy (non-hydrogen) atoms. The summed E-state index contributed by atoms with van der Waals surface area (Å²) in [7, 11) is 3.95. The lowest BCUT2D eigenvalue weighted by Gasteiger charge is -2.12. The van der Waals surface area contributed by atoms with Crippen molar-refractivity contribution in [3.05, 3.63) is 77.2 Å². The lowest BCUT2D eigenvalue weighted by molar-refractivity contribution is -0.115. The van der Waals surface area contributed by atoms with E-state index in [4.69, 9.17) is 0 Å². The van der Waals surface area contributed by atoms with Crippen LogP contribution >= 0.6 is 0 Å². The second kappa shape index (κ2) is 8.03. The molecule has 0 bridgehead atoms. The van der Waals surface area contributed by atoms with Crippen molar-refractivity contribution in [2.45, 2.75) is 19.9 Å². The minimum absolute atomic E-state index is 0.115. The number of aromatic nitrogens is 2. The van der Waals surface area contributed by atoms with Gasteiger partial charge < -0.3 is 10.2 Å². The largest absolute Gasteiger partial charge is 0.378 e. The number of carbonyl (C=O) groups is 1. The Kier molecular flexibility index (Phi) is 5.54. The van der Waals surface area contributed by atoms with Gasteiger partial charge in [-0.15, -0.1) is 0 Å². The van der Waals surface area contributed by atoms with Gasteiger partial charge in [0.05, 0.1) is 13.0 Å². The van der Waals surface area contributed by atoms with E-state index in [1.54, 1.807) is 36.0 Å². The highest BCUT2D eigenvalue weighted by Gasteiger charge is 2.08. The normalized spacial score (nSPS) is 10.7. The van der Waals surface area contributed by atoms with Gasteiger partial charge in [-0.3, -0.25) is 9.48 Å². The molecule has 0 saturated carbocycles. The molecule has 0 unspecified atom stereocenters. The number of benzene rings is 2. The first kappa shape index (κ1) is 18.6. The summed E-state index contributed by atoms with van der Waals surface area (Å²) >= 11 is 0. The summed E-state index contributed by atoms with van der Waals surface area (Å²) in [4.78, 5) is 14.3. The number of hydrogen-bond acceptors (Lipinski definition) is 3. The SMILES string of the molecule is Cc1cc(Cn2ccc(NC(=O)Cc3ccc(N(C)C)cc3)n2)ccc1F. The monoisotopic (exact) mass is 366 g/mol. The molecule has 1 amide bonds. The second-order valence-corrected chi connectivity index (χ2v) is 6.77. The number of carbonyl (C=O) groups excluding carboxylic acids is 1. The molecule has 5 nitrogen and oxygen atoms in total. The average Bonchev–Trinajstić information content (AvgIpc) is 3.05. The van der Waals surface area contributed by atoms with E-state index in [0.29, 0.717) is 17.9 Å². The molecular formula is C21H23FN4O. The van der Waals surface area contributed by atoms with Crippen LogP contribution in [-0.4, -0.2) is 29.8 Å². The molecular weight excluding hydrogens is 343 g/mol. The maximum atomic E-state index is 13.4. The fourth-order valence-electron chi connectivity index (χ4n) is 2.79. The zero-order valence-electron chi connectivity index (χ0n) is 15.7. The van der Waals surface area contributed by atoms with Crippen LogP contribution in [0.2, 0.25) is 0 Å². The van der Waals surface area contributed by atoms with Crippen LogP contribution in [0, 0.1) is 12.7 Å². The van der Waals surface area contributed by atoms with Gasteiger partial charge in [-0.2, -0.15) is 5.10 Å². The zero-order valence-corrected chi connectivity index (χ0v) is 15.7. The van der Waals surface area contributed by atoms with E-state index < -0.39 is 0 Å². The van der Waals surface area contributed by atoms with Crippen LogP contribution in [0.4, 0.5) is 15.9 Å². The molecule has 1 N–H and O–H groups in total. The molecule has 2 aromatic carbocycles. The maximum Gasteiger partial charge on any atom is 0.229 e. The number of aryl methyl sites for hydroxylation is 1. The highest BCUT2D eigenvalue weighted by atomic mass is 19.1. The molecule has 1 heterocycles. The van der Waals surface area contributed by atoms with Crippen molar-refractivity contribution in [3.63, 3.8) is 0 Å². The summed E-state index contributed by atoms with van der Waals surface area (Å²) in [6.07, 6.45) is 2.08. The van der Waals surface area contributed by atoms with Crippen molar-refractivity contribution < 1.29 is 9.18 Å². The smallest absolute Gasteiger partial charge is 0.229 e. The molecule has 0 spiro atoms. The van der Waals surface area contributed by atoms with Crippen molar-refractivity contribution in [1.29, 1.82) is 0 Å². The van der Waals surface area contributed by atoms with Gasteiger partial charge in [0.2, 0.25) is 5.91 Å². The molecule has 0 fully saturated rings. The standard InChI is InChI=1S/C21H23FN4O/c1-15-12-17(6-9-19(15)22)14-26-11-10-20(24-26)23-21(27)13-16-4-7-18(8-5-16)25(2)3/h4-12H,13-14H2,1-3H3,(H,23,24,27). The van der Waals surface area contributed by atoms with Crippen LogP contribution in [0.1, 0.15) is 16.7 Å². The van der Waals surface area contributed by atoms with Crippen LogP contribution in [0.15, 0.2) is 54.7 Å². The number of nitrogens with zero attached hydrogens (tertiary/aromatic N) is 3. The number of amides is 1. The van der Waals surface area contributed by atoms with Crippen LogP contribution in [0.5, 0.6) is 0 Å². The summed E-state index contributed by atoms with van der Waals surface area (Å²) in [5.41, 5.74) is 3.59. The highest BCUT2D eigenvalue weighted by molar-refractivity contribution is 5.91. The van der Waals surface area contributed by atoms with Crippen molar-refractivity contribution in [3.8, 4) is 0 Å². The van der Waals surface area contributed by atoms with Crippen molar-refractivity contribution in [2.75, 3.05) is 24.3 Å².